The smallest absolute Gasteiger partial charge is 0.0658 e. The van der Waals surface area contributed by atoms with Gasteiger partial charge >= 0.3 is 0 Å². The second-order valence-electron chi connectivity index (χ2n) is 2.77. The van der Waals surface area contributed by atoms with Gasteiger partial charge in [0.15, 0.2) is 0 Å². The average molecular weight is 162 g/mol. The molecule has 10 heavy (non-hydrogen) atoms. The molecule has 0 radical (unpaired) electrons. The van der Waals surface area contributed by atoms with E-state index in [-0.39, 0.29) is 18.3 Å². The van der Waals surface area contributed by atoms with E-state index in [1.165, 1.54) is 0 Å². The van der Waals surface area contributed by atoms with E-state index in [0.717, 1.165) is 12.8 Å². The van der Waals surface area contributed by atoms with Gasteiger partial charge in [0.05, 0.1) is 6.07 Å². The summed E-state index contributed by atoms with van der Waals surface area (Å²) in [4.78, 5) is 0. The molecule has 0 saturated heterocycles. The minimum atomic E-state index is 0. The number of rotatable bonds is 3. The molecule has 0 heterocycles. The van der Waals surface area contributed by atoms with Crippen LogP contribution in [0.4, 0.5) is 0 Å². The van der Waals surface area contributed by atoms with Gasteiger partial charge in [-0.05, 0) is 12.3 Å². The van der Waals surface area contributed by atoms with Crippen LogP contribution in [0.2, 0.25) is 0 Å². The molecule has 0 aromatic carbocycles. The first-order valence-corrected chi connectivity index (χ1v) is 3.62. The number of nitrogens with zero attached hydrogens (tertiary/aromatic N) is 1. The molecule has 60 valence electrons. The van der Waals surface area contributed by atoms with E-state index in [4.69, 9.17) is 5.26 Å². The maximum atomic E-state index is 8.58. The highest BCUT2D eigenvalue weighted by molar-refractivity contribution is 5.85. The van der Waals surface area contributed by atoms with Crippen molar-refractivity contribution < 1.29 is 0 Å². The number of hydrogen-bond acceptors (Lipinski definition) is 1. The zero-order valence-corrected chi connectivity index (χ0v) is 7.74. The predicted molar refractivity (Wildman–Crippen MR) is 46.1 cm³/mol. The quantitative estimate of drug-likeness (QED) is 0.625. The molecule has 0 aliphatic carbocycles. The minimum Gasteiger partial charge on any atom is -0.198 e. The molecule has 0 saturated carbocycles. The monoisotopic (exact) mass is 161 g/mol. The van der Waals surface area contributed by atoms with E-state index in [9.17, 15) is 0 Å². The summed E-state index contributed by atoms with van der Waals surface area (Å²) in [5, 5.41) is 8.58. The number of hydrogen-bond donors (Lipinski definition) is 0. The molecule has 0 spiro atoms. The summed E-state index contributed by atoms with van der Waals surface area (Å²) < 4.78 is 0. The summed E-state index contributed by atoms with van der Waals surface area (Å²) in [5.74, 6) is 0.796. The highest BCUT2D eigenvalue weighted by Crippen LogP contribution is 2.14. The van der Waals surface area contributed by atoms with Crippen molar-refractivity contribution in [2.24, 2.45) is 11.8 Å². The Labute approximate surface area is 69.8 Å². The van der Waals surface area contributed by atoms with Gasteiger partial charge in [0.25, 0.3) is 0 Å². The summed E-state index contributed by atoms with van der Waals surface area (Å²) in [6.07, 6.45) is 2.17. The molecule has 1 unspecified atom stereocenters. The molecule has 1 atom stereocenters. The molecule has 0 bridgehead atoms. The van der Waals surface area contributed by atoms with Gasteiger partial charge in [-0.1, -0.05) is 27.2 Å². The van der Waals surface area contributed by atoms with Gasteiger partial charge in [0.2, 0.25) is 0 Å². The maximum absolute atomic E-state index is 8.58. The largest absolute Gasteiger partial charge is 0.198 e. The van der Waals surface area contributed by atoms with E-state index in [1.807, 2.05) is 0 Å². The fraction of sp³-hybridized carbons (Fsp3) is 0.875. The summed E-state index contributed by atoms with van der Waals surface area (Å²) in [6.45, 7) is 6.32. The van der Waals surface area contributed by atoms with E-state index in [0.29, 0.717) is 5.92 Å². The van der Waals surface area contributed by atoms with Gasteiger partial charge in [-0.15, -0.1) is 12.4 Å². The Morgan fingerprint density at radius 1 is 1.40 bits per heavy atom. The lowest BCUT2D eigenvalue weighted by Crippen LogP contribution is -2.04. The summed E-state index contributed by atoms with van der Waals surface area (Å²) in [7, 11) is 0. The predicted octanol–water partition coefficient (Wildman–Crippen LogP) is 3.00. The van der Waals surface area contributed by atoms with E-state index < -0.39 is 0 Å². The Hall–Kier alpha value is -0.220. The van der Waals surface area contributed by atoms with Gasteiger partial charge in [0, 0.05) is 5.92 Å². The Bertz CT molecular complexity index is 104. The molecule has 1 nitrogen and oxygen atoms in total. The minimum absolute atomic E-state index is 0. The first-order chi connectivity index (χ1) is 4.22. The number of nitriles is 1. The van der Waals surface area contributed by atoms with Crippen LogP contribution in [0, 0.1) is 23.2 Å². The van der Waals surface area contributed by atoms with E-state index in [2.05, 4.69) is 26.8 Å². The second kappa shape index (κ2) is 6.89. The van der Waals surface area contributed by atoms with Crippen LogP contribution in [-0.2, 0) is 0 Å². The Morgan fingerprint density at radius 2 is 1.90 bits per heavy atom. The summed E-state index contributed by atoms with van der Waals surface area (Å²) in [5.41, 5.74) is 0. The molecule has 0 amide bonds. The fourth-order valence-electron chi connectivity index (χ4n) is 0.858. The Kier molecular flexibility index (Phi) is 8.59. The molecule has 0 aliphatic rings. The van der Waals surface area contributed by atoms with Crippen molar-refractivity contribution in [3.05, 3.63) is 0 Å². The van der Waals surface area contributed by atoms with Gasteiger partial charge in [-0.2, -0.15) is 5.26 Å². The molecular weight excluding hydrogens is 146 g/mol. The Balaban J connectivity index is 0. The molecule has 0 N–H and O–H groups in total. The third-order valence-electron chi connectivity index (χ3n) is 1.57. The van der Waals surface area contributed by atoms with Crippen LogP contribution in [0.15, 0.2) is 0 Å². The molecular formula is C8H16ClN. The summed E-state index contributed by atoms with van der Waals surface area (Å²) >= 11 is 0. The van der Waals surface area contributed by atoms with Gasteiger partial charge in [-0.3, -0.25) is 0 Å². The lowest BCUT2D eigenvalue weighted by atomic mass is 9.93. The molecule has 2 heteroatoms. The van der Waals surface area contributed by atoms with Crippen LogP contribution in [0.5, 0.6) is 0 Å². The van der Waals surface area contributed by atoms with Gasteiger partial charge in [0.1, 0.15) is 0 Å². The van der Waals surface area contributed by atoms with Crippen LogP contribution in [0.3, 0.4) is 0 Å². The van der Waals surface area contributed by atoms with E-state index in [1.54, 1.807) is 0 Å². The zero-order valence-electron chi connectivity index (χ0n) is 6.92. The highest BCUT2D eigenvalue weighted by Gasteiger charge is 2.09. The van der Waals surface area contributed by atoms with Crippen molar-refractivity contribution in [2.75, 3.05) is 0 Å². The standard InChI is InChI=1S/C8H15N.ClH/c1-4-5-8(6-9)7(2)3;/h7-8H,4-5H2,1-3H3;1H. The first-order valence-electron chi connectivity index (χ1n) is 3.62. The third-order valence-corrected chi connectivity index (χ3v) is 1.57. The normalized spacial score (nSPS) is 11.9. The lowest BCUT2D eigenvalue weighted by molar-refractivity contribution is 0.442. The maximum Gasteiger partial charge on any atom is 0.0658 e. The third kappa shape index (κ3) is 4.64. The van der Waals surface area contributed by atoms with Crippen LogP contribution in [0.1, 0.15) is 33.6 Å². The highest BCUT2D eigenvalue weighted by atomic mass is 35.5. The van der Waals surface area contributed by atoms with Crippen molar-refractivity contribution in [1.29, 1.82) is 5.26 Å². The molecule has 0 aliphatic heterocycles. The van der Waals surface area contributed by atoms with Gasteiger partial charge < -0.3 is 0 Å². The van der Waals surface area contributed by atoms with Crippen LogP contribution < -0.4 is 0 Å². The van der Waals surface area contributed by atoms with Crippen molar-refractivity contribution in [3.63, 3.8) is 0 Å². The van der Waals surface area contributed by atoms with Crippen molar-refractivity contribution >= 4 is 12.4 Å². The van der Waals surface area contributed by atoms with Crippen LogP contribution in [0.25, 0.3) is 0 Å². The first kappa shape index (κ1) is 12.5. The fourth-order valence-corrected chi connectivity index (χ4v) is 0.858. The van der Waals surface area contributed by atoms with Crippen molar-refractivity contribution in [1.82, 2.24) is 0 Å². The number of halogens is 1. The van der Waals surface area contributed by atoms with Gasteiger partial charge in [-0.25, -0.2) is 0 Å². The van der Waals surface area contributed by atoms with Crippen LogP contribution >= 0.6 is 12.4 Å². The lowest BCUT2D eigenvalue weighted by Gasteiger charge is -2.09. The van der Waals surface area contributed by atoms with Crippen molar-refractivity contribution in [2.45, 2.75) is 33.6 Å². The second-order valence-corrected chi connectivity index (χ2v) is 2.77. The molecule has 0 fully saturated rings. The molecule has 0 rings (SSSR count). The SMILES string of the molecule is CCCC(C#N)C(C)C.Cl. The van der Waals surface area contributed by atoms with E-state index >= 15 is 0 Å². The van der Waals surface area contributed by atoms with Crippen LogP contribution in [-0.4, -0.2) is 0 Å². The van der Waals surface area contributed by atoms with Crippen molar-refractivity contribution in [3.8, 4) is 6.07 Å². The molecule has 0 aromatic heterocycles. The topological polar surface area (TPSA) is 23.8 Å². The Morgan fingerprint density at radius 3 is 2.00 bits per heavy atom. The average Bonchev–Trinajstić information content (AvgIpc) is 1.82. The molecule has 0 aromatic rings. The summed E-state index contributed by atoms with van der Waals surface area (Å²) in [6, 6.07) is 2.30. The zero-order chi connectivity index (χ0) is 7.28.